The fourth-order valence-corrected chi connectivity index (χ4v) is 3.41. The summed E-state index contributed by atoms with van der Waals surface area (Å²) in [5.41, 5.74) is 0.991. The second-order valence-corrected chi connectivity index (χ2v) is 6.54. The number of hydrogen-bond acceptors (Lipinski definition) is 6. The Hall–Kier alpha value is -3.35. The van der Waals surface area contributed by atoms with Gasteiger partial charge in [0.1, 0.15) is 17.1 Å². The van der Waals surface area contributed by atoms with Crippen LogP contribution >= 0.6 is 0 Å². The minimum Gasteiger partial charge on any atom is -0.497 e. The van der Waals surface area contributed by atoms with Crippen molar-refractivity contribution in [2.24, 2.45) is 7.05 Å². The van der Waals surface area contributed by atoms with Crippen molar-refractivity contribution in [2.45, 2.75) is 19.3 Å². The average molecular weight is 367 g/mol. The summed E-state index contributed by atoms with van der Waals surface area (Å²) < 4.78 is 17.5. The predicted octanol–water partition coefficient (Wildman–Crippen LogP) is 2.25. The maximum atomic E-state index is 13.1. The number of aryl methyl sites for hydroxylation is 1. The molecule has 0 radical (unpaired) electrons. The van der Waals surface area contributed by atoms with Gasteiger partial charge in [-0.2, -0.15) is 0 Å². The number of carbonyl (C=O) groups excluding carboxylic acids is 1. The SMILES string of the molecule is COc1ccc2occ(C3CC(=O)Oc4cc(C)n(C)c(=O)c43)c(=O)c2c1. The van der Waals surface area contributed by atoms with Crippen LogP contribution in [0.3, 0.4) is 0 Å². The quantitative estimate of drug-likeness (QED) is 0.646. The van der Waals surface area contributed by atoms with Crippen molar-refractivity contribution in [1.29, 1.82) is 0 Å². The molecule has 27 heavy (non-hydrogen) atoms. The Bertz CT molecular complexity index is 1200. The monoisotopic (exact) mass is 367 g/mol. The van der Waals surface area contributed by atoms with Crippen LogP contribution in [0.2, 0.25) is 0 Å². The number of nitrogens with zero attached hydrogens (tertiary/aromatic N) is 1. The van der Waals surface area contributed by atoms with Crippen LogP contribution in [0.15, 0.2) is 44.5 Å². The number of fused-ring (bicyclic) bond motifs is 2. The van der Waals surface area contributed by atoms with Crippen LogP contribution < -0.4 is 20.5 Å². The van der Waals surface area contributed by atoms with Crippen LogP contribution in [0.4, 0.5) is 0 Å². The van der Waals surface area contributed by atoms with Crippen molar-refractivity contribution in [2.75, 3.05) is 7.11 Å². The molecule has 0 spiro atoms. The number of pyridine rings is 1. The lowest BCUT2D eigenvalue weighted by Crippen LogP contribution is -2.33. The van der Waals surface area contributed by atoms with E-state index in [9.17, 15) is 14.4 Å². The second kappa shape index (κ2) is 6.12. The van der Waals surface area contributed by atoms with Crippen LogP contribution in [0.5, 0.6) is 11.5 Å². The summed E-state index contributed by atoms with van der Waals surface area (Å²) in [5, 5.41) is 0.330. The van der Waals surface area contributed by atoms with Gasteiger partial charge in [0.05, 0.1) is 30.7 Å². The first-order valence-electron chi connectivity index (χ1n) is 8.41. The molecule has 2 aromatic heterocycles. The fourth-order valence-electron chi connectivity index (χ4n) is 3.41. The molecule has 1 aromatic carbocycles. The van der Waals surface area contributed by atoms with Crippen LogP contribution in [0.25, 0.3) is 11.0 Å². The van der Waals surface area contributed by atoms with Gasteiger partial charge in [0.2, 0.25) is 0 Å². The molecular weight excluding hydrogens is 350 g/mol. The lowest BCUT2D eigenvalue weighted by Gasteiger charge is -2.24. The number of hydrogen-bond donors (Lipinski definition) is 0. The summed E-state index contributed by atoms with van der Waals surface area (Å²) in [7, 11) is 3.14. The zero-order valence-corrected chi connectivity index (χ0v) is 15.1. The molecule has 0 fully saturated rings. The van der Waals surface area contributed by atoms with Gasteiger partial charge in [-0.1, -0.05) is 0 Å². The molecule has 1 unspecified atom stereocenters. The first-order chi connectivity index (χ1) is 12.9. The Kier molecular flexibility index (Phi) is 3.87. The van der Waals surface area contributed by atoms with Crippen molar-refractivity contribution in [1.82, 2.24) is 4.57 Å². The van der Waals surface area contributed by atoms with Gasteiger partial charge in [-0.05, 0) is 25.1 Å². The molecule has 138 valence electrons. The van der Waals surface area contributed by atoms with E-state index in [2.05, 4.69) is 0 Å². The largest absolute Gasteiger partial charge is 0.497 e. The van der Waals surface area contributed by atoms with Gasteiger partial charge in [0.25, 0.3) is 5.56 Å². The Morgan fingerprint density at radius 3 is 2.70 bits per heavy atom. The van der Waals surface area contributed by atoms with E-state index >= 15 is 0 Å². The molecule has 4 rings (SSSR count). The molecule has 0 saturated carbocycles. The molecule has 0 bridgehead atoms. The number of methoxy groups -OCH3 is 1. The summed E-state index contributed by atoms with van der Waals surface area (Å²) in [5.74, 6) is -0.512. The van der Waals surface area contributed by atoms with Gasteiger partial charge < -0.3 is 18.5 Å². The molecule has 1 atom stereocenters. The Balaban J connectivity index is 1.99. The topological polar surface area (TPSA) is 87.7 Å². The van der Waals surface area contributed by atoms with Gasteiger partial charge in [0, 0.05) is 30.3 Å². The maximum Gasteiger partial charge on any atom is 0.312 e. The Morgan fingerprint density at radius 2 is 1.96 bits per heavy atom. The Morgan fingerprint density at radius 1 is 1.19 bits per heavy atom. The van der Waals surface area contributed by atoms with Crippen molar-refractivity contribution in [3.63, 3.8) is 0 Å². The zero-order chi connectivity index (χ0) is 19.3. The molecule has 0 aliphatic carbocycles. The number of benzene rings is 1. The molecule has 0 amide bonds. The van der Waals surface area contributed by atoms with Crippen molar-refractivity contribution in [3.05, 3.63) is 67.9 Å². The third kappa shape index (κ3) is 2.63. The minimum atomic E-state index is -0.729. The first-order valence-corrected chi connectivity index (χ1v) is 8.41. The van der Waals surface area contributed by atoms with Crippen LogP contribution in [0, 0.1) is 6.92 Å². The van der Waals surface area contributed by atoms with Gasteiger partial charge in [-0.3, -0.25) is 14.4 Å². The predicted molar refractivity (Wildman–Crippen MR) is 97.6 cm³/mol. The summed E-state index contributed by atoms with van der Waals surface area (Å²) in [6, 6.07) is 6.55. The molecule has 0 saturated heterocycles. The number of carbonyl (C=O) groups is 1. The van der Waals surface area contributed by atoms with E-state index in [1.54, 1.807) is 38.2 Å². The first kappa shape index (κ1) is 17.1. The zero-order valence-electron chi connectivity index (χ0n) is 15.1. The number of ether oxygens (including phenoxy) is 2. The van der Waals surface area contributed by atoms with E-state index in [-0.39, 0.29) is 34.3 Å². The average Bonchev–Trinajstić information content (AvgIpc) is 2.65. The summed E-state index contributed by atoms with van der Waals surface area (Å²) in [6.45, 7) is 1.75. The summed E-state index contributed by atoms with van der Waals surface area (Å²) in [4.78, 5) is 38.0. The van der Waals surface area contributed by atoms with Gasteiger partial charge in [-0.25, -0.2) is 0 Å². The number of aromatic nitrogens is 1. The van der Waals surface area contributed by atoms with E-state index < -0.39 is 11.9 Å². The van der Waals surface area contributed by atoms with E-state index in [4.69, 9.17) is 13.9 Å². The van der Waals surface area contributed by atoms with E-state index in [1.807, 2.05) is 0 Å². The minimum absolute atomic E-state index is 0.106. The Labute approximate surface area is 153 Å². The molecule has 7 heteroatoms. The molecule has 0 N–H and O–H groups in total. The molecule has 1 aliphatic heterocycles. The lowest BCUT2D eigenvalue weighted by atomic mass is 9.87. The lowest BCUT2D eigenvalue weighted by molar-refractivity contribution is -0.135. The van der Waals surface area contributed by atoms with Crippen molar-refractivity contribution >= 4 is 16.9 Å². The van der Waals surface area contributed by atoms with Gasteiger partial charge in [-0.15, -0.1) is 0 Å². The summed E-state index contributed by atoms with van der Waals surface area (Å²) >= 11 is 0. The highest BCUT2D eigenvalue weighted by atomic mass is 16.5. The molecule has 3 heterocycles. The van der Waals surface area contributed by atoms with Gasteiger partial charge >= 0.3 is 5.97 Å². The van der Waals surface area contributed by atoms with Crippen LogP contribution in [-0.4, -0.2) is 17.6 Å². The second-order valence-electron chi connectivity index (χ2n) is 6.54. The van der Waals surface area contributed by atoms with Gasteiger partial charge in [0.15, 0.2) is 5.43 Å². The highest BCUT2D eigenvalue weighted by Gasteiger charge is 2.34. The summed E-state index contributed by atoms with van der Waals surface area (Å²) in [6.07, 6.45) is 1.22. The van der Waals surface area contributed by atoms with E-state index in [1.165, 1.54) is 17.9 Å². The van der Waals surface area contributed by atoms with E-state index in [0.29, 0.717) is 22.4 Å². The highest BCUT2D eigenvalue weighted by Crippen LogP contribution is 2.36. The van der Waals surface area contributed by atoms with Crippen molar-refractivity contribution < 1.29 is 18.7 Å². The van der Waals surface area contributed by atoms with Crippen molar-refractivity contribution in [3.8, 4) is 11.5 Å². The third-order valence-electron chi connectivity index (χ3n) is 4.99. The molecular formula is C20H17NO6. The van der Waals surface area contributed by atoms with E-state index in [0.717, 1.165) is 0 Å². The maximum absolute atomic E-state index is 13.1. The number of rotatable bonds is 2. The fraction of sp³-hybridized carbons (Fsp3) is 0.250. The normalized spacial score (nSPS) is 16.1. The standard InChI is InChI=1S/C20H17NO6/c1-10-6-16-18(20(24)21(10)2)12(8-17(22)27-16)14-9-26-15-5-4-11(25-3)7-13(15)19(14)23/h4-7,9,12H,8H2,1-3H3. The molecule has 3 aromatic rings. The molecule has 1 aliphatic rings. The highest BCUT2D eigenvalue weighted by molar-refractivity contribution is 5.81. The third-order valence-corrected chi connectivity index (χ3v) is 4.99. The molecule has 7 nitrogen and oxygen atoms in total. The van der Waals surface area contributed by atoms with Crippen LogP contribution in [0.1, 0.15) is 29.2 Å². The number of esters is 1. The smallest absolute Gasteiger partial charge is 0.312 e. The van der Waals surface area contributed by atoms with Crippen LogP contribution in [-0.2, 0) is 11.8 Å².